The van der Waals surface area contributed by atoms with Gasteiger partial charge in [-0.1, -0.05) is 18.2 Å². The summed E-state index contributed by atoms with van der Waals surface area (Å²) in [5.74, 6) is -0.0648. The fraction of sp³-hybridized carbons (Fsp3) is 0.278. The summed E-state index contributed by atoms with van der Waals surface area (Å²) >= 11 is 0. The maximum Gasteiger partial charge on any atom is 0.260 e. The van der Waals surface area contributed by atoms with Crippen molar-refractivity contribution in [3.63, 3.8) is 0 Å². The number of para-hydroxylation sites is 1. The van der Waals surface area contributed by atoms with Crippen molar-refractivity contribution in [3.05, 3.63) is 54.1 Å². The van der Waals surface area contributed by atoms with Crippen molar-refractivity contribution in [1.82, 2.24) is 0 Å². The Morgan fingerprint density at radius 2 is 1.83 bits per heavy atom. The maximum absolute atomic E-state index is 13.0. The van der Waals surface area contributed by atoms with Crippen LogP contribution in [0.2, 0.25) is 0 Å². The van der Waals surface area contributed by atoms with Crippen LogP contribution in [0.4, 0.5) is 17.1 Å². The number of ether oxygens (including phenoxy) is 1. The number of anilines is 3. The van der Waals surface area contributed by atoms with Gasteiger partial charge < -0.3 is 20.3 Å². The van der Waals surface area contributed by atoms with E-state index in [0.29, 0.717) is 24.5 Å². The second kappa shape index (κ2) is 6.71. The van der Waals surface area contributed by atoms with Crippen molar-refractivity contribution in [2.24, 2.45) is 0 Å². The number of carbonyl (C=O) groups is 1. The summed E-state index contributed by atoms with van der Waals surface area (Å²) in [5.41, 5.74) is 8.90. The summed E-state index contributed by atoms with van der Waals surface area (Å²) in [7, 11) is 1.78. The van der Waals surface area contributed by atoms with E-state index < -0.39 is 0 Å². The number of morpholine rings is 1. The van der Waals surface area contributed by atoms with Crippen molar-refractivity contribution >= 4 is 23.0 Å². The quantitative estimate of drug-likeness (QED) is 0.884. The number of nitrogens with zero attached hydrogens (tertiary/aromatic N) is 2. The van der Waals surface area contributed by atoms with Crippen LogP contribution in [0, 0.1) is 0 Å². The van der Waals surface area contributed by atoms with E-state index in [1.54, 1.807) is 18.0 Å². The third kappa shape index (κ3) is 3.29. The number of hydrogen-bond donors (Lipinski definition) is 1. The molecule has 3 rings (SSSR count). The SMILES string of the molecule is CN(C(=O)c1cc(N)ccc1N1CCOCC1)c1ccccc1. The minimum absolute atomic E-state index is 0.0648. The third-order valence-electron chi connectivity index (χ3n) is 4.05. The molecule has 120 valence electrons. The Morgan fingerprint density at radius 1 is 1.13 bits per heavy atom. The highest BCUT2D eigenvalue weighted by Gasteiger charge is 2.22. The molecule has 0 atom stereocenters. The van der Waals surface area contributed by atoms with Crippen LogP contribution < -0.4 is 15.5 Å². The number of nitrogen functional groups attached to an aromatic ring is 1. The predicted octanol–water partition coefficient (Wildman–Crippen LogP) is 2.38. The van der Waals surface area contributed by atoms with Crippen LogP contribution in [0.5, 0.6) is 0 Å². The molecule has 23 heavy (non-hydrogen) atoms. The molecule has 0 unspecified atom stereocenters. The number of amides is 1. The van der Waals surface area contributed by atoms with Crippen LogP contribution in [0.1, 0.15) is 10.4 Å². The lowest BCUT2D eigenvalue weighted by Gasteiger charge is -2.31. The number of nitrogens with two attached hydrogens (primary N) is 1. The minimum Gasteiger partial charge on any atom is -0.399 e. The van der Waals surface area contributed by atoms with Gasteiger partial charge in [0.05, 0.1) is 18.8 Å². The summed E-state index contributed by atoms with van der Waals surface area (Å²) in [6.07, 6.45) is 0. The van der Waals surface area contributed by atoms with Gasteiger partial charge in [-0.05, 0) is 30.3 Å². The monoisotopic (exact) mass is 311 g/mol. The molecule has 0 aliphatic carbocycles. The van der Waals surface area contributed by atoms with Crippen LogP contribution in [-0.4, -0.2) is 39.3 Å². The van der Waals surface area contributed by atoms with Gasteiger partial charge in [-0.15, -0.1) is 0 Å². The third-order valence-corrected chi connectivity index (χ3v) is 4.05. The number of carbonyl (C=O) groups excluding carboxylic acids is 1. The average molecular weight is 311 g/mol. The summed E-state index contributed by atoms with van der Waals surface area (Å²) < 4.78 is 5.40. The second-order valence-electron chi connectivity index (χ2n) is 5.58. The molecule has 2 aromatic carbocycles. The zero-order chi connectivity index (χ0) is 16.2. The topological polar surface area (TPSA) is 58.8 Å². The normalized spacial score (nSPS) is 14.6. The molecule has 2 N–H and O–H groups in total. The van der Waals surface area contributed by atoms with Gasteiger partial charge in [0.25, 0.3) is 5.91 Å². The van der Waals surface area contributed by atoms with E-state index in [-0.39, 0.29) is 5.91 Å². The summed E-state index contributed by atoms with van der Waals surface area (Å²) in [6.45, 7) is 2.90. The second-order valence-corrected chi connectivity index (χ2v) is 5.58. The Hall–Kier alpha value is -2.53. The molecular weight excluding hydrogens is 290 g/mol. The Kier molecular flexibility index (Phi) is 4.48. The van der Waals surface area contributed by atoms with Crippen molar-refractivity contribution in [3.8, 4) is 0 Å². The zero-order valence-corrected chi connectivity index (χ0v) is 13.2. The van der Waals surface area contributed by atoms with Crippen LogP contribution in [0.15, 0.2) is 48.5 Å². The Bertz CT molecular complexity index is 682. The first-order valence-corrected chi connectivity index (χ1v) is 7.72. The predicted molar refractivity (Wildman–Crippen MR) is 93.1 cm³/mol. The largest absolute Gasteiger partial charge is 0.399 e. The van der Waals surface area contributed by atoms with E-state index in [1.807, 2.05) is 42.5 Å². The fourth-order valence-corrected chi connectivity index (χ4v) is 2.75. The molecule has 1 aliphatic heterocycles. The van der Waals surface area contributed by atoms with E-state index in [0.717, 1.165) is 24.5 Å². The molecule has 0 spiro atoms. The lowest BCUT2D eigenvalue weighted by Crippen LogP contribution is -2.38. The molecule has 0 bridgehead atoms. The molecule has 5 nitrogen and oxygen atoms in total. The van der Waals surface area contributed by atoms with Crippen LogP contribution >= 0.6 is 0 Å². The van der Waals surface area contributed by atoms with Gasteiger partial charge in [0, 0.05) is 37.2 Å². The van der Waals surface area contributed by atoms with E-state index in [2.05, 4.69) is 4.90 Å². The number of hydrogen-bond acceptors (Lipinski definition) is 4. The first kappa shape index (κ1) is 15.4. The average Bonchev–Trinajstić information content (AvgIpc) is 2.62. The number of rotatable bonds is 3. The van der Waals surface area contributed by atoms with E-state index in [9.17, 15) is 4.79 Å². The highest BCUT2D eigenvalue weighted by atomic mass is 16.5. The molecule has 1 amide bonds. The highest BCUT2D eigenvalue weighted by molar-refractivity contribution is 6.10. The summed E-state index contributed by atoms with van der Waals surface area (Å²) in [4.78, 5) is 16.8. The van der Waals surface area contributed by atoms with Crippen molar-refractivity contribution < 1.29 is 9.53 Å². The van der Waals surface area contributed by atoms with E-state index in [1.165, 1.54) is 0 Å². The molecular formula is C18H21N3O2. The van der Waals surface area contributed by atoms with Gasteiger partial charge in [0.2, 0.25) is 0 Å². The Labute approximate surface area is 136 Å². The van der Waals surface area contributed by atoms with Crippen molar-refractivity contribution in [2.75, 3.05) is 48.9 Å². The van der Waals surface area contributed by atoms with Gasteiger partial charge in [-0.25, -0.2) is 0 Å². The molecule has 0 saturated carbocycles. The maximum atomic E-state index is 13.0. The van der Waals surface area contributed by atoms with Gasteiger partial charge in [-0.3, -0.25) is 4.79 Å². The first-order valence-electron chi connectivity index (χ1n) is 7.72. The molecule has 1 saturated heterocycles. The summed E-state index contributed by atoms with van der Waals surface area (Å²) in [5, 5.41) is 0. The lowest BCUT2D eigenvalue weighted by atomic mass is 10.1. The van der Waals surface area contributed by atoms with Gasteiger partial charge >= 0.3 is 0 Å². The van der Waals surface area contributed by atoms with Crippen LogP contribution in [0.25, 0.3) is 0 Å². The van der Waals surface area contributed by atoms with Crippen LogP contribution in [0.3, 0.4) is 0 Å². The summed E-state index contributed by atoms with van der Waals surface area (Å²) in [6, 6.07) is 15.1. The van der Waals surface area contributed by atoms with Gasteiger partial charge in [0.1, 0.15) is 0 Å². The van der Waals surface area contributed by atoms with Gasteiger partial charge in [-0.2, -0.15) is 0 Å². The smallest absolute Gasteiger partial charge is 0.260 e. The van der Waals surface area contributed by atoms with Gasteiger partial charge in [0.15, 0.2) is 0 Å². The molecule has 0 radical (unpaired) electrons. The molecule has 1 heterocycles. The van der Waals surface area contributed by atoms with Crippen molar-refractivity contribution in [1.29, 1.82) is 0 Å². The number of benzene rings is 2. The fourth-order valence-electron chi connectivity index (χ4n) is 2.75. The van der Waals surface area contributed by atoms with Crippen molar-refractivity contribution in [2.45, 2.75) is 0 Å². The molecule has 0 aromatic heterocycles. The Balaban J connectivity index is 1.94. The molecule has 1 fully saturated rings. The lowest BCUT2D eigenvalue weighted by molar-refractivity contribution is 0.0991. The van der Waals surface area contributed by atoms with E-state index in [4.69, 9.17) is 10.5 Å². The minimum atomic E-state index is -0.0648. The molecule has 5 heteroatoms. The first-order chi connectivity index (χ1) is 11.2. The van der Waals surface area contributed by atoms with E-state index >= 15 is 0 Å². The highest BCUT2D eigenvalue weighted by Crippen LogP contribution is 2.26. The standard InChI is InChI=1S/C18H21N3O2/c1-20(15-5-3-2-4-6-15)18(22)16-13-14(19)7-8-17(16)21-9-11-23-12-10-21/h2-8,13H,9-12,19H2,1H3. The molecule has 1 aliphatic rings. The van der Waals surface area contributed by atoms with Crippen LogP contribution in [-0.2, 0) is 4.74 Å². The zero-order valence-electron chi connectivity index (χ0n) is 13.2. The Morgan fingerprint density at radius 3 is 2.52 bits per heavy atom. The molecule has 2 aromatic rings.